The molecule has 0 aromatic heterocycles. The molecule has 0 radical (unpaired) electrons. The molecule has 3 unspecified atom stereocenters. The first-order chi connectivity index (χ1) is 8.97. The fourth-order valence-corrected chi connectivity index (χ4v) is 3.07. The summed E-state index contributed by atoms with van der Waals surface area (Å²) in [5.74, 6) is 1.37. The van der Waals surface area contributed by atoms with Gasteiger partial charge in [-0.2, -0.15) is 0 Å². The van der Waals surface area contributed by atoms with E-state index in [9.17, 15) is 4.79 Å². The van der Waals surface area contributed by atoms with Gasteiger partial charge >= 0.3 is 0 Å². The van der Waals surface area contributed by atoms with E-state index < -0.39 is 0 Å². The van der Waals surface area contributed by atoms with E-state index in [0.29, 0.717) is 17.6 Å². The highest BCUT2D eigenvalue weighted by molar-refractivity contribution is 5.96. The Labute approximate surface area is 115 Å². The average molecular weight is 260 g/mol. The molecule has 0 aliphatic heterocycles. The Kier molecular flexibility index (Phi) is 4.13. The first-order valence-electron chi connectivity index (χ1n) is 7.14. The molecule has 1 aromatic rings. The number of carbonyl (C=O) groups excluding carboxylic acids is 1. The van der Waals surface area contributed by atoms with Crippen molar-refractivity contribution in [3.8, 4) is 0 Å². The molecule has 1 fully saturated rings. The largest absolute Gasteiger partial charge is 0.399 e. The third kappa shape index (κ3) is 3.28. The van der Waals surface area contributed by atoms with Crippen LogP contribution in [0.15, 0.2) is 18.2 Å². The van der Waals surface area contributed by atoms with Crippen molar-refractivity contribution >= 4 is 11.6 Å². The summed E-state index contributed by atoms with van der Waals surface area (Å²) >= 11 is 0. The normalized spacial score (nSPS) is 27.0. The van der Waals surface area contributed by atoms with Crippen molar-refractivity contribution in [3.05, 3.63) is 29.3 Å². The van der Waals surface area contributed by atoms with Crippen LogP contribution in [0.25, 0.3) is 0 Å². The van der Waals surface area contributed by atoms with Crippen LogP contribution in [-0.2, 0) is 0 Å². The molecule has 2 rings (SSSR count). The Morgan fingerprint density at radius 1 is 1.32 bits per heavy atom. The minimum atomic E-state index is 0.0314. The number of anilines is 1. The Hall–Kier alpha value is -1.51. The predicted octanol–water partition coefficient (Wildman–Crippen LogP) is 3.13. The number of rotatable bonds is 2. The van der Waals surface area contributed by atoms with Crippen molar-refractivity contribution in [3.63, 3.8) is 0 Å². The Morgan fingerprint density at radius 3 is 2.68 bits per heavy atom. The summed E-state index contributed by atoms with van der Waals surface area (Å²) in [6.45, 7) is 6.45. The van der Waals surface area contributed by atoms with Crippen molar-refractivity contribution in [2.45, 2.75) is 46.1 Å². The quantitative estimate of drug-likeness (QED) is 0.803. The van der Waals surface area contributed by atoms with Crippen molar-refractivity contribution in [1.29, 1.82) is 0 Å². The lowest BCUT2D eigenvalue weighted by molar-refractivity contribution is 0.0899. The second-order valence-corrected chi connectivity index (χ2v) is 6.05. The zero-order chi connectivity index (χ0) is 14.0. The predicted molar refractivity (Wildman–Crippen MR) is 79.0 cm³/mol. The number of nitrogens with one attached hydrogen (secondary N) is 1. The van der Waals surface area contributed by atoms with Gasteiger partial charge in [-0.05, 0) is 61.8 Å². The highest BCUT2D eigenvalue weighted by Gasteiger charge is 2.26. The van der Waals surface area contributed by atoms with E-state index in [1.807, 2.05) is 19.1 Å². The number of nitrogen functional groups attached to an aromatic ring is 1. The van der Waals surface area contributed by atoms with Crippen molar-refractivity contribution in [2.24, 2.45) is 11.8 Å². The summed E-state index contributed by atoms with van der Waals surface area (Å²) in [5.41, 5.74) is 8.10. The summed E-state index contributed by atoms with van der Waals surface area (Å²) in [6.07, 6.45) is 3.49. The van der Waals surface area contributed by atoms with Crippen molar-refractivity contribution < 1.29 is 4.79 Å². The molecular formula is C16H24N2O. The van der Waals surface area contributed by atoms with Crippen molar-refractivity contribution in [1.82, 2.24) is 5.32 Å². The third-order valence-electron chi connectivity index (χ3n) is 4.24. The van der Waals surface area contributed by atoms with E-state index in [-0.39, 0.29) is 5.91 Å². The van der Waals surface area contributed by atoms with E-state index in [2.05, 4.69) is 19.2 Å². The fraction of sp³-hybridized carbons (Fsp3) is 0.562. The third-order valence-corrected chi connectivity index (χ3v) is 4.24. The molecule has 3 heteroatoms. The van der Waals surface area contributed by atoms with Gasteiger partial charge in [0.15, 0.2) is 0 Å². The number of aryl methyl sites for hydroxylation is 1. The molecule has 3 nitrogen and oxygen atoms in total. The van der Waals surface area contributed by atoms with Crippen LogP contribution < -0.4 is 11.1 Å². The minimum absolute atomic E-state index is 0.0314. The smallest absolute Gasteiger partial charge is 0.251 e. The van der Waals surface area contributed by atoms with Crippen LogP contribution in [0.1, 0.15) is 49.0 Å². The van der Waals surface area contributed by atoms with Gasteiger partial charge in [-0.15, -0.1) is 0 Å². The van der Waals surface area contributed by atoms with E-state index in [4.69, 9.17) is 5.73 Å². The summed E-state index contributed by atoms with van der Waals surface area (Å²) in [4.78, 5) is 12.3. The maximum atomic E-state index is 12.3. The van der Waals surface area contributed by atoms with Gasteiger partial charge in [0.05, 0.1) is 0 Å². The Morgan fingerprint density at radius 2 is 2.05 bits per heavy atom. The van der Waals surface area contributed by atoms with Crippen LogP contribution in [0.2, 0.25) is 0 Å². The average Bonchev–Trinajstić information content (AvgIpc) is 2.32. The zero-order valence-corrected chi connectivity index (χ0v) is 12.1. The van der Waals surface area contributed by atoms with Gasteiger partial charge in [0.2, 0.25) is 0 Å². The maximum Gasteiger partial charge on any atom is 0.251 e. The maximum absolute atomic E-state index is 12.3. The number of hydrogen-bond donors (Lipinski definition) is 2. The fourth-order valence-electron chi connectivity index (χ4n) is 3.07. The highest BCUT2D eigenvalue weighted by Crippen LogP contribution is 2.28. The van der Waals surface area contributed by atoms with Gasteiger partial charge in [0.25, 0.3) is 5.91 Å². The van der Waals surface area contributed by atoms with Crippen LogP contribution in [0.4, 0.5) is 5.69 Å². The van der Waals surface area contributed by atoms with Gasteiger partial charge < -0.3 is 11.1 Å². The van der Waals surface area contributed by atoms with Gasteiger partial charge in [0, 0.05) is 17.3 Å². The monoisotopic (exact) mass is 260 g/mol. The molecule has 0 bridgehead atoms. The first-order valence-corrected chi connectivity index (χ1v) is 7.14. The molecule has 1 saturated carbocycles. The molecule has 1 aliphatic rings. The SMILES string of the molecule is Cc1cc(N)ccc1C(=O)NC1CCC(C)CC1C. The van der Waals surface area contributed by atoms with E-state index in [0.717, 1.165) is 23.5 Å². The summed E-state index contributed by atoms with van der Waals surface area (Å²) in [7, 11) is 0. The molecule has 1 aromatic carbocycles. The number of amides is 1. The molecule has 3 N–H and O–H groups in total. The lowest BCUT2D eigenvalue weighted by Crippen LogP contribution is -2.42. The van der Waals surface area contributed by atoms with Crippen LogP contribution in [-0.4, -0.2) is 11.9 Å². The number of nitrogens with two attached hydrogens (primary N) is 1. The number of benzene rings is 1. The number of carbonyl (C=O) groups is 1. The molecule has 0 spiro atoms. The van der Waals surface area contributed by atoms with Gasteiger partial charge in [0.1, 0.15) is 0 Å². The molecular weight excluding hydrogens is 236 g/mol. The molecule has 0 saturated heterocycles. The molecule has 3 atom stereocenters. The van der Waals surface area contributed by atoms with Crippen LogP contribution in [0.3, 0.4) is 0 Å². The van der Waals surface area contributed by atoms with Gasteiger partial charge in [-0.3, -0.25) is 4.79 Å². The van der Waals surface area contributed by atoms with Crippen LogP contribution >= 0.6 is 0 Å². The minimum Gasteiger partial charge on any atom is -0.399 e. The van der Waals surface area contributed by atoms with Crippen LogP contribution in [0, 0.1) is 18.8 Å². The first kappa shape index (κ1) is 13.9. The number of hydrogen-bond acceptors (Lipinski definition) is 2. The highest BCUT2D eigenvalue weighted by atomic mass is 16.1. The molecule has 104 valence electrons. The topological polar surface area (TPSA) is 55.1 Å². The van der Waals surface area contributed by atoms with Gasteiger partial charge in [-0.1, -0.05) is 13.8 Å². The summed E-state index contributed by atoms with van der Waals surface area (Å²) in [6, 6.07) is 5.76. The van der Waals surface area contributed by atoms with E-state index in [1.54, 1.807) is 6.07 Å². The lowest BCUT2D eigenvalue weighted by Gasteiger charge is -2.33. The Balaban J connectivity index is 2.04. The second kappa shape index (κ2) is 5.64. The molecule has 19 heavy (non-hydrogen) atoms. The van der Waals surface area contributed by atoms with Crippen LogP contribution in [0.5, 0.6) is 0 Å². The van der Waals surface area contributed by atoms with E-state index in [1.165, 1.54) is 12.8 Å². The second-order valence-electron chi connectivity index (χ2n) is 6.05. The Bertz CT molecular complexity index is 470. The van der Waals surface area contributed by atoms with E-state index >= 15 is 0 Å². The standard InChI is InChI=1S/C16H24N2O/c1-10-4-7-15(12(3)8-10)18-16(19)14-6-5-13(17)9-11(14)2/h5-6,9-10,12,15H,4,7-8,17H2,1-3H3,(H,18,19). The molecule has 1 aliphatic carbocycles. The summed E-state index contributed by atoms with van der Waals surface area (Å²) in [5, 5.41) is 3.19. The molecule has 1 amide bonds. The molecule has 0 heterocycles. The summed E-state index contributed by atoms with van der Waals surface area (Å²) < 4.78 is 0. The van der Waals surface area contributed by atoms with Gasteiger partial charge in [-0.25, -0.2) is 0 Å². The zero-order valence-electron chi connectivity index (χ0n) is 12.1. The van der Waals surface area contributed by atoms with Crippen molar-refractivity contribution in [2.75, 3.05) is 5.73 Å². The lowest BCUT2D eigenvalue weighted by atomic mass is 9.80.